The third kappa shape index (κ3) is 3.39. The summed E-state index contributed by atoms with van der Waals surface area (Å²) in [4.78, 5) is 10.8. The van der Waals surface area contributed by atoms with Crippen LogP contribution in [0.3, 0.4) is 0 Å². The van der Waals surface area contributed by atoms with E-state index in [1.54, 1.807) is 18.2 Å². The Morgan fingerprint density at radius 3 is 2.33 bits per heavy atom. The Balaban J connectivity index is 2.50. The van der Waals surface area contributed by atoms with Gasteiger partial charge in [0.2, 0.25) is 5.75 Å². The van der Waals surface area contributed by atoms with Crippen molar-refractivity contribution in [3.05, 3.63) is 63.7 Å². The summed E-state index contributed by atoms with van der Waals surface area (Å²) in [5.74, 6) is 0.678. The van der Waals surface area contributed by atoms with E-state index in [1.165, 1.54) is 20.3 Å². The van der Waals surface area contributed by atoms with Crippen LogP contribution in [0.1, 0.15) is 11.1 Å². The quantitative estimate of drug-likeness (QED) is 0.476. The molecule has 0 N–H and O–H groups in total. The molecule has 2 rings (SSSR count). The van der Waals surface area contributed by atoms with Crippen LogP contribution >= 0.6 is 0 Å². The third-order valence-corrected chi connectivity index (χ3v) is 2.97. The lowest BCUT2D eigenvalue weighted by Crippen LogP contribution is -1.97. The molecule has 0 aliphatic heterocycles. The Hall–Kier alpha value is -2.82. The normalized spacial score (nSPS) is 10.6. The van der Waals surface area contributed by atoms with E-state index in [9.17, 15) is 10.1 Å². The van der Waals surface area contributed by atoms with E-state index >= 15 is 0 Å². The van der Waals surface area contributed by atoms with Gasteiger partial charge in [-0.3, -0.25) is 10.1 Å². The summed E-state index contributed by atoms with van der Waals surface area (Å²) < 4.78 is 10.2. The van der Waals surface area contributed by atoms with Gasteiger partial charge in [-0.15, -0.1) is 0 Å². The van der Waals surface area contributed by atoms with Crippen LogP contribution in [0.2, 0.25) is 0 Å². The molecule has 2 aromatic carbocycles. The van der Waals surface area contributed by atoms with Crippen molar-refractivity contribution in [3.63, 3.8) is 0 Å². The number of ether oxygens (including phenoxy) is 2. The number of nitro groups is 1. The first-order valence-electron chi connectivity index (χ1n) is 6.29. The van der Waals surface area contributed by atoms with Crippen molar-refractivity contribution in [1.82, 2.24) is 0 Å². The Morgan fingerprint density at radius 2 is 1.76 bits per heavy atom. The second-order valence-corrected chi connectivity index (χ2v) is 4.27. The van der Waals surface area contributed by atoms with Crippen molar-refractivity contribution in [1.29, 1.82) is 0 Å². The van der Waals surface area contributed by atoms with Crippen molar-refractivity contribution in [3.8, 4) is 11.5 Å². The van der Waals surface area contributed by atoms with E-state index in [2.05, 4.69) is 0 Å². The maximum atomic E-state index is 11.3. The predicted octanol–water partition coefficient (Wildman–Crippen LogP) is 3.78. The monoisotopic (exact) mass is 285 g/mol. The summed E-state index contributed by atoms with van der Waals surface area (Å²) >= 11 is 0. The van der Waals surface area contributed by atoms with Crippen LogP contribution < -0.4 is 9.47 Å². The molecule has 0 unspecified atom stereocenters. The zero-order valence-electron chi connectivity index (χ0n) is 11.8. The van der Waals surface area contributed by atoms with Crippen LogP contribution in [0.15, 0.2) is 42.5 Å². The molecule has 0 aromatic heterocycles. The number of methoxy groups -OCH3 is 2. The molecule has 5 nitrogen and oxygen atoms in total. The lowest BCUT2D eigenvalue weighted by atomic mass is 10.1. The van der Waals surface area contributed by atoms with Gasteiger partial charge in [0.1, 0.15) is 5.75 Å². The molecule has 0 amide bonds. The summed E-state index contributed by atoms with van der Waals surface area (Å²) in [5.41, 5.74) is 1.30. The molecular formula is C16H15NO4. The fourth-order valence-electron chi connectivity index (χ4n) is 1.95. The third-order valence-electron chi connectivity index (χ3n) is 2.97. The minimum atomic E-state index is -0.455. The van der Waals surface area contributed by atoms with Gasteiger partial charge >= 0.3 is 5.69 Å². The van der Waals surface area contributed by atoms with Crippen LogP contribution in [0.4, 0.5) is 5.69 Å². The Labute approximate surface area is 122 Å². The zero-order chi connectivity index (χ0) is 15.2. The van der Waals surface area contributed by atoms with Crippen LogP contribution in [0, 0.1) is 10.1 Å². The van der Waals surface area contributed by atoms with E-state index in [-0.39, 0.29) is 11.4 Å². The topological polar surface area (TPSA) is 61.6 Å². The Morgan fingerprint density at radius 1 is 1.05 bits per heavy atom. The summed E-state index contributed by atoms with van der Waals surface area (Å²) in [6, 6.07) is 12.7. The summed E-state index contributed by atoms with van der Waals surface area (Å²) in [6.07, 6.45) is 3.49. The second-order valence-electron chi connectivity index (χ2n) is 4.27. The largest absolute Gasteiger partial charge is 0.497 e. The van der Waals surface area contributed by atoms with Gasteiger partial charge in [0, 0.05) is 6.07 Å². The summed E-state index contributed by atoms with van der Waals surface area (Å²) in [5, 5.41) is 11.3. The van der Waals surface area contributed by atoms with Crippen molar-refractivity contribution < 1.29 is 14.4 Å². The SMILES string of the molecule is COc1cc(/C=C/c2ccccc2)c([N+](=O)[O-])c(OC)c1. The molecule has 2 aromatic rings. The molecule has 0 aliphatic carbocycles. The van der Waals surface area contributed by atoms with E-state index in [1.807, 2.05) is 30.3 Å². The van der Waals surface area contributed by atoms with Crippen molar-refractivity contribution in [2.75, 3.05) is 14.2 Å². The number of rotatable bonds is 5. The number of nitro benzene ring substituents is 1. The predicted molar refractivity (Wildman–Crippen MR) is 81.6 cm³/mol. The summed E-state index contributed by atoms with van der Waals surface area (Å²) in [7, 11) is 2.90. The molecule has 0 aliphatic rings. The number of benzene rings is 2. The van der Waals surface area contributed by atoms with Gasteiger partial charge in [0.15, 0.2) is 0 Å². The molecule has 0 saturated carbocycles. The average Bonchev–Trinajstić information content (AvgIpc) is 2.52. The van der Waals surface area contributed by atoms with E-state index in [0.717, 1.165) is 5.56 Å². The molecule has 0 bridgehead atoms. The highest BCUT2D eigenvalue weighted by Gasteiger charge is 2.21. The molecule has 0 fully saturated rings. The minimum absolute atomic E-state index is 0.0783. The van der Waals surface area contributed by atoms with Crippen LogP contribution in [-0.4, -0.2) is 19.1 Å². The molecule has 0 radical (unpaired) electrons. The lowest BCUT2D eigenvalue weighted by Gasteiger charge is -2.07. The number of hydrogen-bond acceptors (Lipinski definition) is 4. The van der Waals surface area contributed by atoms with Crippen molar-refractivity contribution >= 4 is 17.8 Å². The number of nitrogens with zero attached hydrogens (tertiary/aromatic N) is 1. The molecule has 0 saturated heterocycles. The molecule has 0 spiro atoms. The van der Waals surface area contributed by atoms with Gasteiger partial charge in [-0.2, -0.15) is 0 Å². The second kappa shape index (κ2) is 6.56. The maximum Gasteiger partial charge on any atom is 0.318 e. The first-order chi connectivity index (χ1) is 10.2. The van der Waals surface area contributed by atoms with Crippen LogP contribution in [0.25, 0.3) is 12.2 Å². The minimum Gasteiger partial charge on any atom is -0.497 e. The van der Waals surface area contributed by atoms with E-state index in [4.69, 9.17) is 9.47 Å². The fraction of sp³-hybridized carbons (Fsp3) is 0.125. The molecule has 5 heteroatoms. The van der Waals surface area contributed by atoms with Gasteiger partial charge in [0.05, 0.1) is 24.7 Å². The number of hydrogen-bond donors (Lipinski definition) is 0. The van der Waals surface area contributed by atoms with Gasteiger partial charge < -0.3 is 9.47 Å². The van der Waals surface area contributed by atoms with Crippen molar-refractivity contribution in [2.45, 2.75) is 0 Å². The lowest BCUT2D eigenvalue weighted by molar-refractivity contribution is -0.386. The Kier molecular flexibility index (Phi) is 4.56. The zero-order valence-corrected chi connectivity index (χ0v) is 11.8. The first-order valence-corrected chi connectivity index (χ1v) is 6.29. The average molecular weight is 285 g/mol. The van der Waals surface area contributed by atoms with Crippen LogP contribution in [-0.2, 0) is 0 Å². The van der Waals surface area contributed by atoms with Gasteiger partial charge in [-0.05, 0) is 17.7 Å². The Bertz CT molecular complexity index is 665. The van der Waals surface area contributed by atoms with E-state index < -0.39 is 4.92 Å². The fourth-order valence-corrected chi connectivity index (χ4v) is 1.95. The smallest absolute Gasteiger partial charge is 0.318 e. The van der Waals surface area contributed by atoms with Gasteiger partial charge in [-0.25, -0.2) is 0 Å². The molecule has 108 valence electrons. The van der Waals surface area contributed by atoms with Crippen molar-refractivity contribution in [2.24, 2.45) is 0 Å². The molecule has 21 heavy (non-hydrogen) atoms. The highest BCUT2D eigenvalue weighted by Crippen LogP contribution is 2.36. The molecular weight excluding hydrogens is 270 g/mol. The van der Waals surface area contributed by atoms with E-state index in [0.29, 0.717) is 11.3 Å². The van der Waals surface area contributed by atoms with Gasteiger partial charge in [-0.1, -0.05) is 36.4 Å². The molecule has 0 atom stereocenters. The summed E-state index contributed by atoms with van der Waals surface area (Å²) in [6.45, 7) is 0. The highest BCUT2D eigenvalue weighted by molar-refractivity contribution is 5.77. The first kappa shape index (κ1) is 14.6. The molecule has 0 heterocycles. The standard InChI is InChI=1S/C16H15NO4/c1-20-14-10-13(9-8-12-6-4-3-5-7-12)16(17(18)19)15(11-14)21-2/h3-11H,1-2H3/b9-8+. The van der Waals surface area contributed by atoms with Gasteiger partial charge in [0.25, 0.3) is 0 Å². The highest BCUT2D eigenvalue weighted by atomic mass is 16.6. The van der Waals surface area contributed by atoms with Crippen LogP contribution in [0.5, 0.6) is 11.5 Å². The maximum absolute atomic E-state index is 11.3.